The van der Waals surface area contributed by atoms with Gasteiger partial charge in [-0.1, -0.05) is 23.7 Å². The van der Waals surface area contributed by atoms with Gasteiger partial charge in [0.2, 0.25) is 0 Å². The summed E-state index contributed by atoms with van der Waals surface area (Å²) in [6, 6.07) is 13.4. The zero-order valence-electron chi connectivity index (χ0n) is 14.3. The third kappa shape index (κ3) is 3.06. The molecule has 26 heavy (non-hydrogen) atoms. The number of para-hydroxylation sites is 2. The van der Waals surface area contributed by atoms with Gasteiger partial charge in [0, 0.05) is 29.1 Å². The quantitative estimate of drug-likeness (QED) is 0.526. The van der Waals surface area contributed by atoms with E-state index in [-0.39, 0.29) is 5.91 Å². The minimum Gasteiger partial charge on any atom is -0.451 e. The zero-order valence-corrected chi connectivity index (χ0v) is 15.1. The highest BCUT2D eigenvalue weighted by atomic mass is 35.5. The monoisotopic (exact) mass is 367 g/mol. The van der Waals surface area contributed by atoms with Gasteiger partial charge in [0.1, 0.15) is 5.58 Å². The number of halogens is 1. The van der Waals surface area contributed by atoms with Crippen molar-refractivity contribution in [2.24, 2.45) is 0 Å². The average molecular weight is 368 g/mol. The van der Waals surface area contributed by atoms with Gasteiger partial charge in [-0.25, -0.2) is 4.98 Å². The molecule has 5 nitrogen and oxygen atoms in total. The van der Waals surface area contributed by atoms with E-state index in [9.17, 15) is 4.79 Å². The largest absolute Gasteiger partial charge is 0.451 e. The molecule has 0 atom stereocenters. The lowest BCUT2D eigenvalue weighted by Gasteiger charge is -2.06. The topological polar surface area (TPSA) is 60.1 Å². The van der Waals surface area contributed by atoms with Crippen LogP contribution in [0.4, 0.5) is 0 Å². The van der Waals surface area contributed by atoms with Crippen LogP contribution >= 0.6 is 11.6 Å². The fraction of sp³-hybridized carbons (Fsp3) is 0.200. The molecule has 0 radical (unpaired) electrons. The number of carbonyl (C=O) groups is 1. The number of nitrogens with zero attached hydrogens (tertiary/aromatic N) is 2. The molecule has 0 aliphatic carbocycles. The first-order chi connectivity index (χ1) is 12.6. The molecule has 132 valence electrons. The Labute approximate surface area is 155 Å². The summed E-state index contributed by atoms with van der Waals surface area (Å²) in [5, 5.41) is 4.42. The van der Waals surface area contributed by atoms with E-state index < -0.39 is 0 Å². The number of carbonyl (C=O) groups excluding carboxylic acids is 1. The summed E-state index contributed by atoms with van der Waals surface area (Å²) in [6.07, 6.45) is 2.64. The van der Waals surface area contributed by atoms with Crippen LogP contribution in [-0.4, -0.2) is 22.0 Å². The van der Waals surface area contributed by atoms with Crippen molar-refractivity contribution < 1.29 is 9.21 Å². The Kier molecular flexibility index (Phi) is 4.39. The van der Waals surface area contributed by atoms with Gasteiger partial charge in [-0.3, -0.25) is 4.79 Å². The Morgan fingerprint density at radius 3 is 3.00 bits per heavy atom. The summed E-state index contributed by atoms with van der Waals surface area (Å²) in [7, 11) is 0. The Balaban J connectivity index is 1.39. The van der Waals surface area contributed by atoms with Gasteiger partial charge >= 0.3 is 0 Å². The van der Waals surface area contributed by atoms with Crippen LogP contribution in [0, 0.1) is 6.92 Å². The molecule has 6 heteroatoms. The van der Waals surface area contributed by atoms with E-state index in [1.54, 1.807) is 12.1 Å². The number of nitrogens with one attached hydrogen (secondary N) is 1. The molecule has 4 aromatic rings. The van der Waals surface area contributed by atoms with Crippen LogP contribution in [0.15, 0.2) is 53.2 Å². The van der Waals surface area contributed by atoms with Crippen LogP contribution < -0.4 is 5.32 Å². The molecule has 0 spiro atoms. The van der Waals surface area contributed by atoms with Crippen molar-refractivity contribution in [1.82, 2.24) is 14.9 Å². The van der Waals surface area contributed by atoms with Crippen molar-refractivity contribution in [3.05, 3.63) is 65.1 Å². The van der Waals surface area contributed by atoms with Crippen molar-refractivity contribution in [2.45, 2.75) is 19.9 Å². The molecule has 0 saturated heterocycles. The Morgan fingerprint density at radius 1 is 1.27 bits per heavy atom. The van der Waals surface area contributed by atoms with E-state index >= 15 is 0 Å². The molecular weight excluding hydrogens is 350 g/mol. The van der Waals surface area contributed by atoms with E-state index in [1.165, 1.54) is 0 Å². The van der Waals surface area contributed by atoms with Crippen LogP contribution in [0.5, 0.6) is 0 Å². The van der Waals surface area contributed by atoms with Crippen molar-refractivity contribution >= 4 is 39.5 Å². The van der Waals surface area contributed by atoms with Crippen molar-refractivity contribution in [3.8, 4) is 0 Å². The molecule has 4 rings (SSSR count). The SMILES string of the molecule is Cc1c(C(=O)NCCCn2cnc3ccccc32)oc2ccc(Cl)cc12. The third-order valence-corrected chi connectivity index (χ3v) is 4.73. The summed E-state index contributed by atoms with van der Waals surface area (Å²) in [4.78, 5) is 16.8. The second-order valence-corrected chi connectivity index (χ2v) is 6.67. The minimum absolute atomic E-state index is 0.203. The van der Waals surface area contributed by atoms with Gasteiger partial charge in [-0.15, -0.1) is 0 Å². The number of benzene rings is 2. The number of rotatable bonds is 5. The zero-order chi connectivity index (χ0) is 18.1. The van der Waals surface area contributed by atoms with E-state index in [1.807, 2.05) is 43.6 Å². The fourth-order valence-corrected chi connectivity index (χ4v) is 3.30. The summed E-state index contributed by atoms with van der Waals surface area (Å²) >= 11 is 6.02. The lowest BCUT2D eigenvalue weighted by atomic mass is 10.1. The first kappa shape index (κ1) is 16.7. The molecule has 0 saturated carbocycles. The third-order valence-electron chi connectivity index (χ3n) is 4.49. The van der Waals surface area contributed by atoms with Crippen molar-refractivity contribution in [2.75, 3.05) is 6.54 Å². The molecule has 2 aromatic carbocycles. The predicted molar refractivity (Wildman–Crippen MR) is 103 cm³/mol. The molecule has 1 amide bonds. The molecular formula is C20H18ClN3O2. The second-order valence-electron chi connectivity index (χ2n) is 6.23. The Bertz CT molecular complexity index is 1100. The van der Waals surface area contributed by atoms with Crippen LogP contribution in [-0.2, 0) is 6.54 Å². The average Bonchev–Trinajstić information content (AvgIpc) is 3.20. The predicted octanol–water partition coefficient (Wildman–Crippen LogP) is 4.56. The smallest absolute Gasteiger partial charge is 0.287 e. The van der Waals surface area contributed by atoms with Crippen LogP contribution in [0.1, 0.15) is 22.5 Å². The second kappa shape index (κ2) is 6.84. The van der Waals surface area contributed by atoms with Crippen molar-refractivity contribution in [1.29, 1.82) is 0 Å². The van der Waals surface area contributed by atoms with Gasteiger partial charge < -0.3 is 14.3 Å². The molecule has 1 N–H and O–H groups in total. The first-order valence-electron chi connectivity index (χ1n) is 8.50. The van der Waals surface area contributed by atoms with E-state index in [0.717, 1.165) is 34.9 Å². The maximum atomic E-state index is 12.4. The number of aromatic nitrogens is 2. The molecule has 0 bridgehead atoms. The van der Waals surface area contributed by atoms with Crippen LogP contribution in [0.2, 0.25) is 5.02 Å². The Morgan fingerprint density at radius 2 is 2.12 bits per heavy atom. The maximum absolute atomic E-state index is 12.4. The number of aryl methyl sites for hydroxylation is 2. The summed E-state index contributed by atoms with van der Waals surface area (Å²) in [5.74, 6) is 0.139. The van der Waals surface area contributed by atoms with Gasteiger partial charge in [0.15, 0.2) is 5.76 Å². The van der Waals surface area contributed by atoms with Gasteiger partial charge in [-0.2, -0.15) is 0 Å². The summed E-state index contributed by atoms with van der Waals surface area (Å²) in [6.45, 7) is 3.22. The molecule has 0 unspecified atom stereocenters. The normalized spacial score (nSPS) is 11.3. The van der Waals surface area contributed by atoms with Crippen molar-refractivity contribution in [3.63, 3.8) is 0 Å². The van der Waals surface area contributed by atoms with E-state index in [2.05, 4.69) is 14.9 Å². The van der Waals surface area contributed by atoms with Gasteiger partial charge in [0.05, 0.1) is 17.4 Å². The summed E-state index contributed by atoms with van der Waals surface area (Å²) in [5.41, 5.74) is 3.56. The number of amides is 1. The van der Waals surface area contributed by atoms with E-state index in [0.29, 0.717) is 22.9 Å². The molecule has 2 heterocycles. The van der Waals surface area contributed by atoms with Crippen LogP contribution in [0.3, 0.4) is 0 Å². The minimum atomic E-state index is -0.203. The number of furan rings is 1. The van der Waals surface area contributed by atoms with Gasteiger partial charge in [-0.05, 0) is 43.7 Å². The first-order valence-corrected chi connectivity index (χ1v) is 8.88. The van der Waals surface area contributed by atoms with Gasteiger partial charge in [0.25, 0.3) is 5.91 Å². The number of imidazole rings is 1. The Hall–Kier alpha value is -2.79. The van der Waals surface area contributed by atoms with Crippen LogP contribution in [0.25, 0.3) is 22.0 Å². The molecule has 0 fully saturated rings. The highest BCUT2D eigenvalue weighted by molar-refractivity contribution is 6.31. The lowest BCUT2D eigenvalue weighted by molar-refractivity contribution is 0.0926. The molecule has 2 aromatic heterocycles. The number of hydrogen-bond donors (Lipinski definition) is 1. The number of hydrogen-bond acceptors (Lipinski definition) is 3. The highest BCUT2D eigenvalue weighted by Crippen LogP contribution is 2.27. The lowest BCUT2D eigenvalue weighted by Crippen LogP contribution is -2.25. The highest BCUT2D eigenvalue weighted by Gasteiger charge is 2.17. The molecule has 0 aliphatic heterocycles. The molecule has 0 aliphatic rings. The maximum Gasteiger partial charge on any atom is 0.287 e. The number of fused-ring (bicyclic) bond motifs is 2. The fourth-order valence-electron chi connectivity index (χ4n) is 3.13. The summed E-state index contributed by atoms with van der Waals surface area (Å²) < 4.78 is 7.78. The standard InChI is InChI=1S/C20H18ClN3O2/c1-13-15-11-14(21)7-8-18(15)26-19(13)20(25)22-9-4-10-24-12-23-16-5-2-3-6-17(16)24/h2-3,5-8,11-12H,4,9-10H2,1H3,(H,22,25). The van der Waals surface area contributed by atoms with E-state index in [4.69, 9.17) is 16.0 Å².